The second kappa shape index (κ2) is 7.51. The first-order valence-electron chi connectivity index (χ1n) is 8.42. The molecular formula is C18H26N2OS. The Kier molecular flexibility index (Phi) is 5.42. The van der Waals surface area contributed by atoms with E-state index in [0.29, 0.717) is 17.1 Å². The molecule has 4 heteroatoms. The van der Waals surface area contributed by atoms with Gasteiger partial charge in [0.15, 0.2) is 0 Å². The fraction of sp³-hybridized carbons (Fsp3) is 0.611. The summed E-state index contributed by atoms with van der Waals surface area (Å²) in [4.78, 5) is 15.0. The zero-order valence-electron chi connectivity index (χ0n) is 13.3. The molecule has 2 aliphatic rings. The van der Waals surface area contributed by atoms with E-state index in [1.165, 1.54) is 5.56 Å². The van der Waals surface area contributed by atoms with E-state index in [2.05, 4.69) is 41.4 Å². The highest BCUT2D eigenvalue weighted by atomic mass is 32.2. The molecule has 0 bridgehead atoms. The minimum Gasteiger partial charge on any atom is -0.334 e. The fourth-order valence-corrected chi connectivity index (χ4v) is 4.81. The number of benzene rings is 1. The molecule has 3 rings (SSSR count). The van der Waals surface area contributed by atoms with Gasteiger partial charge in [-0.3, -0.25) is 4.79 Å². The summed E-state index contributed by atoms with van der Waals surface area (Å²) in [6.45, 7) is 5.27. The molecule has 22 heavy (non-hydrogen) atoms. The van der Waals surface area contributed by atoms with Crippen molar-refractivity contribution >= 4 is 17.7 Å². The monoisotopic (exact) mass is 318 g/mol. The summed E-state index contributed by atoms with van der Waals surface area (Å²) in [7, 11) is 0. The lowest BCUT2D eigenvalue weighted by atomic mass is 9.93. The number of hydrogen-bond acceptors (Lipinski definition) is 3. The van der Waals surface area contributed by atoms with Gasteiger partial charge in [0.1, 0.15) is 0 Å². The minimum absolute atomic E-state index is 0.231. The third kappa shape index (κ3) is 3.66. The number of amides is 1. The van der Waals surface area contributed by atoms with Gasteiger partial charge < -0.3 is 10.2 Å². The van der Waals surface area contributed by atoms with Crippen molar-refractivity contribution in [2.45, 2.75) is 37.5 Å². The second-order valence-electron chi connectivity index (χ2n) is 6.42. The molecule has 2 atom stereocenters. The Hall–Kier alpha value is -1.00. The Morgan fingerprint density at radius 3 is 2.73 bits per heavy atom. The van der Waals surface area contributed by atoms with Crippen LogP contribution in [0.3, 0.4) is 0 Å². The highest BCUT2D eigenvalue weighted by molar-refractivity contribution is 8.00. The molecule has 2 aliphatic heterocycles. The van der Waals surface area contributed by atoms with Crippen LogP contribution in [0.25, 0.3) is 0 Å². The lowest BCUT2D eigenvalue weighted by Crippen LogP contribution is -2.45. The maximum atomic E-state index is 12.9. The summed E-state index contributed by atoms with van der Waals surface area (Å²) < 4.78 is 0. The molecule has 3 nitrogen and oxygen atoms in total. The lowest BCUT2D eigenvalue weighted by Gasteiger charge is -2.41. The quantitative estimate of drug-likeness (QED) is 0.929. The highest BCUT2D eigenvalue weighted by Crippen LogP contribution is 2.36. The average Bonchev–Trinajstić information content (AvgIpc) is 2.56. The number of nitrogens with one attached hydrogen (secondary N) is 1. The van der Waals surface area contributed by atoms with Crippen LogP contribution in [0.2, 0.25) is 0 Å². The molecule has 0 aliphatic carbocycles. The zero-order chi connectivity index (χ0) is 15.4. The van der Waals surface area contributed by atoms with Crippen molar-refractivity contribution in [3.8, 4) is 0 Å². The van der Waals surface area contributed by atoms with Crippen molar-refractivity contribution < 1.29 is 4.79 Å². The van der Waals surface area contributed by atoms with Crippen LogP contribution in [0.5, 0.6) is 0 Å². The van der Waals surface area contributed by atoms with Gasteiger partial charge in [-0.15, -0.1) is 0 Å². The zero-order valence-corrected chi connectivity index (χ0v) is 14.1. The largest absolute Gasteiger partial charge is 0.334 e. The van der Waals surface area contributed by atoms with Crippen molar-refractivity contribution in [3.63, 3.8) is 0 Å². The van der Waals surface area contributed by atoms with Crippen molar-refractivity contribution in [2.24, 2.45) is 5.92 Å². The second-order valence-corrected chi connectivity index (χ2v) is 7.90. The van der Waals surface area contributed by atoms with Crippen molar-refractivity contribution in [1.29, 1.82) is 0 Å². The van der Waals surface area contributed by atoms with Crippen LogP contribution in [0.4, 0.5) is 0 Å². The molecule has 1 aromatic carbocycles. The first-order valence-corrected chi connectivity index (χ1v) is 9.47. The number of piperidine rings is 1. The maximum absolute atomic E-state index is 12.9. The van der Waals surface area contributed by atoms with E-state index in [0.717, 1.165) is 44.6 Å². The maximum Gasteiger partial charge on any atom is 0.223 e. The lowest BCUT2D eigenvalue weighted by molar-refractivity contribution is -0.134. The summed E-state index contributed by atoms with van der Waals surface area (Å²) in [5, 5.41) is 3.85. The molecular weight excluding hydrogens is 292 g/mol. The van der Waals surface area contributed by atoms with Crippen LogP contribution in [0.1, 0.15) is 37.8 Å². The van der Waals surface area contributed by atoms with Gasteiger partial charge in [-0.25, -0.2) is 0 Å². The van der Waals surface area contributed by atoms with Gasteiger partial charge in [0.2, 0.25) is 5.91 Å². The number of rotatable bonds is 3. The minimum atomic E-state index is 0.231. The van der Waals surface area contributed by atoms with Crippen molar-refractivity contribution in [2.75, 3.05) is 25.4 Å². The molecule has 1 aromatic rings. The van der Waals surface area contributed by atoms with E-state index in [4.69, 9.17) is 0 Å². The van der Waals surface area contributed by atoms with E-state index in [1.807, 2.05) is 17.8 Å². The first kappa shape index (κ1) is 15.9. The van der Waals surface area contributed by atoms with Crippen LogP contribution in [0.15, 0.2) is 30.3 Å². The van der Waals surface area contributed by atoms with E-state index in [9.17, 15) is 4.79 Å². The topological polar surface area (TPSA) is 32.3 Å². The predicted octanol–water partition coefficient (Wildman–Crippen LogP) is 3.08. The van der Waals surface area contributed by atoms with Gasteiger partial charge in [-0.1, -0.05) is 37.3 Å². The number of carbonyl (C=O) groups excluding carboxylic acids is 1. The van der Waals surface area contributed by atoms with Crippen molar-refractivity contribution in [3.05, 3.63) is 35.9 Å². The smallest absolute Gasteiger partial charge is 0.223 e. The van der Waals surface area contributed by atoms with Gasteiger partial charge in [-0.2, -0.15) is 11.8 Å². The molecule has 0 radical (unpaired) electrons. The molecule has 2 heterocycles. The van der Waals surface area contributed by atoms with Gasteiger partial charge >= 0.3 is 0 Å². The van der Waals surface area contributed by atoms with Gasteiger partial charge in [0.05, 0.1) is 6.04 Å². The molecule has 0 saturated carbocycles. The highest BCUT2D eigenvalue weighted by Gasteiger charge is 2.34. The molecule has 0 unspecified atom stereocenters. The normalized spacial score (nSPS) is 26.9. The Morgan fingerprint density at radius 1 is 1.27 bits per heavy atom. The number of hydrogen-bond donors (Lipinski definition) is 1. The van der Waals surface area contributed by atoms with Crippen molar-refractivity contribution in [1.82, 2.24) is 10.2 Å². The standard InChI is InChI=1S/C18H26N2OS/c1-14-18(16-5-3-2-4-6-16)20(11-12-22-14)17(21)13-15-7-9-19-10-8-15/h2-6,14-15,18-19H,7-13H2,1H3/t14-,18+/m0/s1. The summed E-state index contributed by atoms with van der Waals surface area (Å²) in [5.41, 5.74) is 1.28. The summed E-state index contributed by atoms with van der Waals surface area (Å²) in [6.07, 6.45) is 3.00. The Balaban J connectivity index is 1.72. The van der Waals surface area contributed by atoms with E-state index >= 15 is 0 Å². The Bertz CT molecular complexity index is 487. The molecule has 2 fully saturated rings. The van der Waals surface area contributed by atoms with Gasteiger partial charge in [0, 0.05) is 24.0 Å². The molecule has 1 N–H and O–H groups in total. The number of nitrogens with zero attached hydrogens (tertiary/aromatic N) is 1. The Labute approximate surface area is 137 Å². The SMILES string of the molecule is C[C@@H]1SCCN(C(=O)CC2CCNCC2)[C@H]1c1ccccc1. The predicted molar refractivity (Wildman–Crippen MR) is 93.0 cm³/mol. The molecule has 2 saturated heterocycles. The first-order chi connectivity index (χ1) is 10.8. The van der Waals surface area contributed by atoms with Crippen LogP contribution in [-0.2, 0) is 4.79 Å². The van der Waals surface area contributed by atoms with Gasteiger partial charge in [-0.05, 0) is 37.4 Å². The average molecular weight is 318 g/mol. The fourth-order valence-electron chi connectivity index (χ4n) is 3.65. The Morgan fingerprint density at radius 2 is 2.00 bits per heavy atom. The molecule has 0 spiro atoms. The summed E-state index contributed by atoms with van der Waals surface area (Å²) >= 11 is 1.98. The van der Waals surface area contributed by atoms with Gasteiger partial charge in [0.25, 0.3) is 0 Å². The van der Waals surface area contributed by atoms with Crippen LogP contribution >= 0.6 is 11.8 Å². The third-order valence-electron chi connectivity index (χ3n) is 4.88. The number of thioether (sulfide) groups is 1. The third-order valence-corrected chi connectivity index (χ3v) is 6.08. The van der Waals surface area contributed by atoms with E-state index < -0.39 is 0 Å². The molecule has 1 amide bonds. The van der Waals surface area contributed by atoms with Crippen LogP contribution < -0.4 is 5.32 Å². The van der Waals surface area contributed by atoms with E-state index in [-0.39, 0.29) is 6.04 Å². The molecule has 120 valence electrons. The van der Waals surface area contributed by atoms with Crippen LogP contribution in [-0.4, -0.2) is 41.4 Å². The number of carbonyl (C=O) groups is 1. The summed E-state index contributed by atoms with van der Waals surface area (Å²) in [6, 6.07) is 10.8. The van der Waals surface area contributed by atoms with E-state index in [1.54, 1.807) is 0 Å². The molecule has 0 aromatic heterocycles. The van der Waals surface area contributed by atoms with Crippen LogP contribution in [0, 0.1) is 5.92 Å². The summed E-state index contributed by atoms with van der Waals surface area (Å²) in [5.74, 6) is 1.98.